The third kappa shape index (κ3) is 5.57. The minimum atomic E-state index is -2.33. The van der Waals surface area contributed by atoms with Crippen molar-refractivity contribution in [2.75, 3.05) is 16.8 Å². The molecule has 0 radical (unpaired) electrons. The lowest BCUT2D eigenvalue weighted by molar-refractivity contribution is -0.141. The second kappa shape index (κ2) is 10.4. The number of nitrogens with one attached hydrogen (secondary N) is 1. The van der Waals surface area contributed by atoms with Crippen molar-refractivity contribution < 1.29 is 40.7 Å². The summed E-state index contributed by atoms with van der Waals surface area (Å²) >= 11 is 0.675. The number of nitrogens with two attached hydrogens (primary N) is 1. The van der Waals surface area contributed by atoms with E-state index in [2.05, 4.69) is 20.0 Å². The smallest absolute Gasteiger partial charge is 0.316 e. The van der Waals surface area contributed by atoms with E-state index in [1.807, 2.05) is 0 Å². The number of hydrogen-bond donors (Lipinski definition) is 2. The van der Waals surface area contributed by atoms with Gasteiger partial charge in [-0.2, -0.15) is 0 Å². The van der Waals surface area contributed by atoms with E-state index in [1.54, 1.807) is 0 Å². The van der Waals surface area contributed by atoms with Gasteiger partial charge in [0.25, 0.3) is 5.91 Å². The van der Waals surface area contributed by atoms with Gasteiger partial charge in [0.05, 0.1) is 11.3 Å². The van der Waals surface area contributed by atoms with Crippen LogP contribution in [0.5, 0.6) is 0 Å². The molecule has 0 aliphatic carbocycles. The maximum Gasteiger partial charge on any atom is 0.316 e. The molecule has 34 heavy (non-hydrogen) atoms. The number of amides is 1. The van der Waals surface area contributed by atoms with Crippen molar-refractivity contribution in [2.24, 2.45) is 0 Å². The first kappa shape index (κ1) is 24.8. The summed E-state index contributed by atoms with van der Waals surface area (Å²) in [6.45, 7) is -1.20. The molecule has 0 aliphatic rings. The normalized spacial score (nSPS) is 10.8. The predicted octanol–water partition coefficient (Wildman–Crippen LogP) is 3.98. The van der Waals surface area contributed by atoms with Crippen LogP contribution in [-0.2, 0) is 16.1 Å². The SMILES string of the molecule is Nc1nc(SCC(=O)OCc2c(F)c(F)c(F)c(F)c2F)ncc1C(=O)Nc1ccc(F)cc1. The van der Waals surface area contributed by atoms with Gasteiger partial charge in [0.1, 0.15) is 23.8 Å². The number of hydrogen-bond acceptors (Lipinski definition) is 7. The van der Waals surface area contributed by atoms with Gasteiger partial charge in [-0.15, -0.1) is 0 Å². The molecule has 0 atom stereocenters. The summed E-state index contributed by atoms with van der Waals surface area (Å²) in [5, 5.41) is 2.40. The Morgan fingerprint density at radius 2 is 1.53 bits per heavy atom. The standard InChI is InChI=1S/C20H12F6N4O3S/c21-8-1-3-9(4-2-8)29-19(32)10-5-28-20(30-18(10)27)34-7-12(31)33-6-11-13(22)15(24)17(26)16(25)14(11)23/h1-5H,6-7H2,(H,29,32)(H2,27,28,30). The minimum Gasteiger partial charge on any atom is -0.460 e. The first-order valence-electron chi connectivity index (χ1n) is 9.06. The van der Waals surface area contributed by atoms with Crippen LogP contribution in [-0.4, -0.2) is 27.6 Å². The Morgan fingerprint density at radius 1 is 0.941 bits per heavy atom. The molecule has 0 spiro atoms. The molecule has 0 aliphatic heterocycles. The number of esters is 1. The lowest BCUT2D eigenvalue weighted by Gasteiger charge is -2.09. The Labute approximate surface area is 191 Å². The molecule has 2 aromatic carbocycles. The molecule has 3 aromatic rings. The third-order valence-corrected chi connectivity index (χ3v) is 4.98. The first-order chi connectivity index (χ1) is 16.1. The van der Waals surface area contributed by atoms with Gasteiger partial charge < -0.3 is 15.8 Å². The Kier molecular flexibility index (Phi) is 7.61. The fourth-order valence-corrected chi connectivity index (χ4v) is 3.07. The highest BCUT2D eigenvalue weighted by atomic mass is 32.2. The summed E-state index contributed by atoms with van der Waals surface area (Å²) in [5.74, 6) is -13.9. The molecule has 0 saturated carbocycles. The Balaban J connectivity index is 1.58. The van der Waals surface area contributed by atoms with Gasteiger partial charge in [0.15, 0.2) is 28.4 Å². The Morgan fingerprint density at radius 3 is 2.12 bits per heavy atom. The van der Waals surface area contributed by atoms with Gasteiger partial charge in [-0.1, -0.05) is 11.8 Å². The van der Waals surface area contributed by atoms with Crippen molar-refractivity contribution in [3.63, 3.8) is 0 Å². The summed E-state index contributed by atoms with van der Waals surface area (Å²) in [7, 11) is 0. The summed E-state index contributed by atoms with van der Waals surface area (Å²) < 4.78 is 84.1. The second-order valence-corrected chi connectivity index (χ2v) is 7.35. The summed E-state index contributed by atoms with van der Waals surface area (Å²) in [6, 6.07) is 4.93. The molecule has 3 N–H and O–H groups in total. The van der Waals surface area contributed by atoms with Crippen molar-refractivity contribution in [2.45, 2.75) is 11.8 Å². The zero-order chi connectivity index (χ0) is 25.0. The first-order valence-corrected chi connectivity index (χ1v) is 10.0. The van der Waals surface area contributed by atoms with Gasteiger partial charge in [-0.3, -0.25) is 9.59 Å². The van der Waals surface area contributed by atoms with E-state index in [9.17, 15) is 35.9 Å². The maximum atomic E-state index is 13.6. The molecule has 14 heteroatoms. The van der Waals surface area contributed by atoms with Crippen LogP contribution in [0.1, 0.15) is 15.9 Å². The van der Waals surface area contributed by atoms with E-state index in [0.29, 0.717) is 17.4 Å². The lowest BCUT2D eigenvalue weighted by atomic mass is 10.2. The summed E-state index contributed by atoms with van der Waals surface area (Å²) in [6.07, 6.45) is 1.07. The van der Waals surface area contributed by atoms with Crippen LogP contribution in [0.15, 0.2) is 35.6 Å². The van der Waals surface area contributed by atoms with Crippen LogP contribution in [0, 0.1) is 34.9 Å². The molecule has 3 rings (SSSR count). The zero-order valence-electron chi connectivity index (χ0n) is 16.7. The van der Waals surface area contributed by atoms with Crippen molar-refractivity contribution in [3.05, 3.63) is 76.5 Å². The van der Waals surface area contributed by atoms with Crippen molar-refractivity contribution in [3.8, 4) is 0 Å². The van der Waals surface area contributed by atoms with Gasteiger partial charge in [-0.25, -0.2) is 36.3 Å². The van der Waals surface area contributed by atoms with Gasteiger partial charge in [0.2, 0.25) is 5.82 Å². The molecule has 0 fully saturated rings. The van der Waals surface area contributed by atoms with Gasteiger partial charge in [0, 0.05) is 11.9 Å². The Hall–Kier alpha value is -3.81. The number of halogens is 6. The number of ether oxygens (including phenoxy) is 1. The number of nitrogens with zero attached hydrogens (tertiary/aromatic N) is 2. The highest BCUT2D eigenvalue weighted by Crippen LogP contribution is 2.24. The number of benzene rings is 2. The molecular weight excluding hydrogens is 490 g/mol. The summed E-state index contributed by atoms with van der Waals surface area (Å²) in [4.78, 5) is 31.8. The average molecular weight is 502 g/mol. The van der Waals surface area contributed by atoms with Crippen molar-refractivity contribution >= 4 is 35.1 Å². The lowest BCUT2D eigenvalue weighted by Crippen LogP contribution is -2.16. The molecule has 178 valence electrons. The number of anilines is 2. The van der Waals surface area contributed by atoms with E-state index in [-0.39, 0.29) is 16.5 Å². The third-order valence-electron chi connectivity index (χ3n) is 4.14. The monoisotopic (exact) mass is 502 g/mol. The summed E-state index contributed by atoms with van der Waals surface area (Å²) in [5.41, 5.74) is 4.61. The van der Waals surface area contributed by atoms with E-state index in [1.165, 1.54) is 12.1 Å². The molecule has 1 heterocycles. The van der Waals surface area contributed by atoms with Crippen LogP contribution >= 0.6 is 11.8 Å². The van der Waals surface area contributed by atoms with Gasteiger partial charge in [-0.05, 0) is 24.3 Å². The number of carbonyl (C=O) groups is 2. The van der Waals surface area contributed by atoms with E-state index in [4.69, 9.17) is 5.73 Å². The Bertz CT molecular complexity index is 1230. The average Bonchev–Trinajstić information content (AvgIpc) is 2.81. The molecule has 0 unspecified atom stereocenters. The van der Waals surface area contributed by atoms with Crippen molar-refractivity contribution in [1.29, 1.82) is 0 Å². The quantitative estimate of drug-likeness (QED) is 0.126. The number of aromatic nitrogens is 2. The van der Waals surface area contributed by atoms with Crippen LogP contribution in [0.4, 0.5) is 37.8 Å². The van der Waals surface area contributed by atoms with Crippen LogP contribution in [0.25, 0.3) is 0 Å². The number of carbonyl (C=O) groups excluding carboxylic acids is 2. The minimum absolute atomic E-state index is 0.0657. The highest BCUT2D eigenvalue weighted by molar-refractivity contribution is 7.99. The number of thioether (sulfide) groups is 1. The van der Waals surface area contributed by atoms with Crippen LogP contribution in [0.3, 0.4) is 0 Å². The fraction of sp³-hybridized carbons (Fsp3) is 0.100. The highest BCUT2D eigenvalue weighted by Gasteiger charge is 2.26. The van der Waals surface area contributed by atoms with Crippen LogP contribution < -0.4 is 11.1 Å². The molecule has 1 aromatic heterocycles. The van der Waals surface area contributed by atoms with E-state index < -0.39 is 64.7 Å². The molecule has 7 nitrogen and oxygen atoms in total. The second-order valence-electron chi connectivity index (χ2n) is 6.41. The number of nitrogen functional groups attached to an aromatic ring is 1. The topological polar surface area (TPSA) is 107 Å². The molecule has 0 saturated heterocycles. The maximum absolute atomic E-state index is 13.6. The number of rotatable bonds is 7. The van der Waals surface area contributed by atoms with E-state index >= 15 is 0 Å². The zero-order valence-corrected chi connectivity index (χ0v) is 17.5. The molecule has 0 bridgehead atoms. The predicted molar refractivity (Wildman–Crippen MR) is 108 cm³/mol. The van der Waals surface area contributed by atoms with Crippen LogP contribution in [0.2, 0.25) is 0 Å². The largest absolute Gasteiger partial charge is 0.460 e. The fourth-order valence-electron chi connectivity index (χ4n) is 2.45. The molecule has 1 amide bonds. The van der Waals surface area contributed by atoms with Crippen molar-refractivity contribution in [1.82, 2.24) is 9.97 Å². The molecular formula is C20H12F6N4O3S. The van der Waals surface area contributed by atoms with Gasteiger partial charge >= 0.3 is 5.97 Å². The van der Waals surface area contributed by atoms with E-state index in [0.717, 1.165) is 18.3 Å².